The summed E-state index contributed by atoms with van der Waals surface area (Å²) in [7, 11) is 0. The molecule has 5 heteroatoms. The summed E-state index contributed by atoms with van der Waals surface area (Å²) in [4.78, 5) is 12.1. The van der Waals surface area contributed by atoms with Crippen molar-refractivity contribution in [3.05, 3.63) is 59.2 Å². The van der Waals surface area contributed by atoms with Crippen molar-refractivity contribution in [2.45, 2.75) is 32.0 Å². The first kappa shape index (κ1) is 15.4. The maximum atomic E-state index is 12.7. The first-order valence-corrected chi connectivity index (χ1v) is 6.55. The van der Waals surface area contributed by atoms with Crippen molar-refractivity contribution in [3.8, 4) is 0 Å². The zero-order valence-corrected chi connectivity index (χ0v) is 11.8. The number of halogens is 3. The summed E-state index contributed by atoms with van der Waals surface area (Å²) in [6.07, 6.45) is 1.88. The van der Waals surface area contributed by atoms with Gasteiger partial charge in [-0.25, -0.2) is 0 Å². The van der Waals surface area contributed by atoms with E-state index in [2.05, 4.69) is 5.32 Å². The fourth-order valence-corrected chi connectivity index (χ4v) is 2.09. The number of amides is 1. The molecule has 0 heterocycles. The first-order chi connectivity index (χ1) is 9.70. The third-order valence-electron chi connectivity index (χ3n) is 3.41. The van der Waals surface area contributed by atoms with Gasteiger partial charge in [-0.15, -0.1) is 0 Å². The summed E-state index contributed by atoms with van der Waals surface area (Å²) in [5.74, 6) is -0.513. The molecule has 1 aromatic carbocycles. The second kappa shape index (κ2) is 5.39. The van der Waals surface area contributed by atoms with Crippen LogP contribution in [-0.2, 0) is 6.18 Å². The molecule has 1 unspecified atom stereocenters. The van der Waals surface area contributed by atoms with Gasteiger partial charge in [-0.3, -0.25) is 4.79 Å². The van der Waals surface area contributed by atoms with Gasteiger partial charge in [0.05, 0.1) is 11.1 Å². The lowest BCUT2D eigenvalue weighted by Crippen LogP contribution is -2.44. The monoisotopic (exact) mass is 295 g/mol. The molecular formula is C16H16F3NO. The quantitative estimate of drug-likeness (QED) is 0.874. The van der Waals surface area contributed by atoms with Crippen molar-refractivity contribution in [1.82, 2.24) is 5.32 Å². The van der Waals surface area contributed by atoms with Gasteiger partial charge in [0.25, 0.3) is 5.91 Å². The molecule has 0 fully saturated rings. The minimum atomic E-state index is -4.45. The maximum Gasteiger partial charge on any atom is 0.416 e. The highest BCUT2D eigenvalue weighted by Gasteiger charge is 2.31. The van der Waals surface area contributed by atoms with E-state index in [4.69, 9.17) is 0 Å². The van der Waals surface area contributed by atoms with Crippen molar-refractivity contribution in [1.29, 1.82) is 0 Å². The van der Waals surface area contributed by atoms with Gasteiger partial charge >= 0.3 is 6.18 Å². The van der Waals surface area contributed by atoms with Gasteiger partial charge < -0.3 is 5.32 Å². The molecule has 0 saturated heterocycles. The molecule has 1 amide bonds. The van der Waals surface area contributed by atoms with Crippen LogP contribution in [0.4, 0.5) is 13.2 Å². The van der Waals surface area contributed by atoms with E-state index in [1.54, 1.807) is 0 Å². The van der Waals surface area contributed by atoms with Gasteiger partial charge in [-0.05, 0) is 38.5 Å². The van der Waals surface area contributed by atoms with Crippen LogP contribution in [0, 0.1) is 0 Å². The van der Waals surface area contributed by atoms with Crippen LogP contribution in [-0.4, -0.2) is 11.4 Å². The molecule has 0 aromatic heterocycles. The van der Waals surface area contributed by atoms with Crippen LogP contribution < -0.4 is 5.32 Å². The molecule has 1 aliphatic carbocycles. The van der Waals surface area contributed by atoms with E-state index < -0.39 is 23.2 Å². The summed E-state index contributed by atoms with van der Waals surface area (Å²) in [6.45, 7) is 3.78. The molecule has 1 aromatic rings. The molecule has 0 aliphatic heterocycles. The average Bonchev–Trinajstić information content (AvgIpc) is 2.42. The third-order valence-corrected chi connectivity index (χ3v) is 3.41. The van der Waals surface area contributed by atoms with Gasteiger partial charge in [0.1, 0.15) is 0 Å². The largest absolute Gasteiger partial charge is 0.416 e. The second-order valence-corrected chi connectivity index (χ2v) is 5.44. The fourth-order valence-electron chi connectivity index (χ4n) is 2.09. The van der Waals surface area contributed by atoms with Gasteiger partial charge in [-0.2, -0.15) is 13.2 Å². The van der Waals surface area contributed by atoms with Crippen LogP contribution in [0.3, 0.4) is 0 Å². The average molecular weight is 295 g/mol. The summed E-state index contributed by atoms with van der Waals surface area (Å²) < 4.78 is 38.0. The lowest BCUT2D eigenvalue weighted by atomic mass is 9.90. The van der Waals surface area contributed by atoms with Crippen LogP contribution in [0.1, 0.15) is 36.2 Å². The Labute approximate surface area is 121 Å². The fraction of sp³-hybridized carbons (Fsp3) is 0.312. The number of rotatable bonds is 2. The number of alkyl halides is 3. The van der Waals surface area contributed by atoms with E-state index in [9.17, 15) is 18.0 Å². The Morgan fingerprint density at radius 3 is 2.62 bits per heavy atom. The smallest absolute Gasteiger partial charge is 0.343 e. The number of benzene rings is 1. The normalized spacial score (nSPS) is 21.9. The summed E-state index contributed by atoms with van der Waals surface area (Å²) in [5, 5.41) is 2.77. The SMILES string of the molecule is CC1=CCC(C)(NC(=O)c2cccc(C(F)(F)F)c2)C=C1. The summed E-state index contributed by atoms with van der Waals surface area (Å²) in [5.41, 5.74) is -0.299. The predicted octanol–water partition coefficient (Wildman–Crippen LogP) is 4.10. The Hall–Kier alpha value is -2.04. The molecule has 112 valence electrons. The number of carbonyl (C=O) groups is 1. The van der Waals surface area contributed by atoms with Crippen molar-refractivity contribution in [2.24, 2.45) is 0 Å². The number of nitrogens with one attached hydrogen (secondary N) is 1. The van der Waals surface area contributed by atoms with Crippen molar-refractivity contribution >= 4 is 5.91 Å². The van der Waals surface area contributed by atoms with E-state index in [0.717, 1.165) is 17.7 Å². The number of carbonyl (C=O) groups excluding carboxylic acids is 1. The highest BCUT2D eigenvalue weighted by atomic mass is 19.4. The zero-order valence-electron chi connectivity index (χ0n) is 11.8. The first-order valence-electron chi connectivity index (χ1n) is 6.55. The highest BCUT2D eigenvalue weighted by Crippen LogP contribution is 2.29. The van der Waals surface area contributed by atoms with Crippen LogP contribution >= 0.6 is 0 Å². The lowest BCUT2D eigenvalue weighted by Gasteiger charge is -2.29. The number of allylic oxidation sites excluding steroid dienone is 2. The van der Waals surface area contributed by atoms with E-state index in [-0.39, 0.29) is 5.56 Å². The lowest BCUT2D eigenvalue weighted by molar-refractivity contribution is -0.137. The minimum absolute atomic E-state index is 0.00530. The summed E-state index contributed by atoms with van der Waals surface area (Å²) in [6, 6.07) is 4.43. The van der Waals surface area contributed by atoms with Crippen LogP contribution in [0.5, 0.6) is 0 Å². The Kier molecular flexibility index (Phi) is 3.94. The van der Waals surface area contributed by atoms with Crippen LogP contribution in [0.15, 0.2) is 48.1 Å². The van der Waals surface area contributed by atoms with Crippen LogP contribution in [0.2, 0.25) is 0 Å². The van der Waals surface area contributed by atoms with Gasteiger partial charge in [-0.1, -0.05) is 29.9 Å². The van der Waals surface area contributed by atoms with E-state index >= 15 is 0 Å². The highest BCUT2D eigenvalue weighted by molar-refractivity contribution is 5.95. The topological polar surface area (TPSA) is 29.1 Å². The minimum Gasteiger partial charge on any atom is -0.343 e. The predicted molar refractivity (Wildman–Crippen MR) is 74.8 cm³/mol. The molecule has 21 heavy (non-hydrogen) atoms. The molecule has 0 spiro atoms. The molecular weight excluding hydrogens is 279 g/mol. The molecule has 1 aliphatic rings. The Balaban J connectivity index is 2.16. The standard InChI is InChI=1S/C16H16F3NO/c1-11-6-8-15(2,9-7-11)20-14(21)12-4-3-5-13(10-12)16(17,18)19/h3-8,10H,9H2,1-2H3,(H,20,21). The van der Waals surface area contributed by atoms with Gasteiger partial charge in [0.2, 0.25) is 0 Å². The Bertz CT molecular complexity index is 616. The summed E-state index contributed by atoms with van der Waals surface area (Å²) >= 11 is 0. The van der Waals surface area contributed by atoms with E-state index in [1.807, 2.05) is 32.1 Å². The van der Waals surface area contributed by atoms with E-state index in [0.29, 0.717) is 6.42 Å². The molecule has 2 nitrogen and oxygen atoms in total. The molecule has 1 N–H and O–H groups in total. The molecule has 0 bridgehead atoms. The Morgan fingerprint density at radius 1 is 1.33 bits per heavy atom. The van der Waals surface area contributed by atoms with Crippen LogP contribution in [0.25, 0.3) is 0 Å². The maximum absolute atomic E-state index is 12.7. The third kappa shape index (κ3) is 3.74. The molecule has 0 radical (unpaired) electrons. The van der Waals surface area contributed by atoms with Crippen molar-refractivity contribution in [3.63, 3.8) is 0 Å². The second-order valence-electron chi connectivity index (χ2n) is 5.44. The molecule has 0 saturated carbocycles. The van der Waals surface area contributed by atoms with E-state index in [1.165, 1.54) is 12.1 Å². The van der Waals surface area contributed by atoms with Crippen molar-refractivity contribution in [2.75, 3.05) is 0 Å². The number of hydrogen-bond acceptors (Lipinski definition) is 1. The molecule has 2 rings (SSSR count). The van der Waals surface area contributed by atoms with Crippen molar-refractivity contribution < 1.29 is 18.0 Å². The zero-order chi connectivity index (χ0) is 15.7. The molecule has 1 atom stereocenters. The number of hydrogen-bond donors (Lipinski definition) is 1. The van der Waals surface area contributed by atoms with Gasteiger partial charge in [0.15, 0.2) is 0 Å². The van der Waals surface area contributed by atoms with Gasteiger partial charge in [0, 0.05) is 5.56 Å². The Morgan fingerprint density at radius 2 is 2.05 bits per heavy atom.